The van der Waals surface area contributed by atoms with Gasteiger partial charge >= 0.3 is 5.97 Å². The van der Waals surface area contributed by atoms with Gasteiger partial charge in [-0.2, -0.15) is 0 Å². The van der Waals surface area contributed by atoms with E-state index in [1.165, 1.54) is 19.2 Å². The highest BCUT2D eigenvalue weighted by atomic mass is 32.2. The zero-order valence-corrected chi connectivity index (χ0v) is 10.5. The first-order valence-electron chi connectivity index (χ1n) is 4.67. The zero-order valence-electron chi connectivity index (χ0n) is 9.70. The number of esters is 1. The summed E-state index contributed by atoms with van der Waals surface area (Å²) in [6.45, 7) is 3.38. The molecule has 0 aliphatic rings. The summed E-state index contributed by atoms with van der Waals surface area (Å²) >= 11 is 0. The van der Waals surface area contributed by atoms with Crippen molar-refractivity contribution in [3.05, 3.63) is 28.8 Å². The van der Waals surface area contributed by atoms with Crippen molar-refractivity contribution in [3.63, 3.8) is 0 Å². The summed E-state index contributed by atoms with van der Waals surface area (Å²) < 4.78 is 27.5. The van der Waals surface area contributed by atoms with E-state index in [4.69, 9.17) is 0 Å². The second-order valence-electron chi connectivity index (χ2n) is 3.63. The normalized spacial score (nSPS) is 11.2. The van der Waals surface area contributed by atoms with E-state index in [1.807, 2.05) is 0 Å². The Morgan fingerprint density at radius 3 is 2.19 bits per heavy atom. The second-order valence-corrected chi connectivity index (χ2v) is 5.61. The molecule has 5 heteroatoms. The van der Waals surface area contributed by atoms with E-state index in [0.717, 1.165) is 6.26 Å². The molecule has 0 saturated heterocycles. The molecule has 0 aliphatic heterocycles. The number of ether oxygens (including phenoxy) is 1. The van der Waals surface area contributed by atoms with Crippen LogP contribution in [0.15, 0.2) is 17.0 Å². The smallest absolute Gasteiger partial charge is 0.338 e. The molecule has 0 N–H and O–H groups in total. The molecule has 1 rings (SSSR count). The Balaban J connectivity index is 3.47. The van der Waals surface area contributed by atoms with Crippen molar-refractivity contribution in [3.8, 4) is 0 Å². The standard InChI is InChI=1S/C11H14O4S/c1-7-8(2)10(16(4,13)14)6-5-9(7)11(12)15-3/h5-6H,1-4H3. The SMILES string of the molecule is COC(=O)c1ccc(S(C)(=O)=O)c(C)c1C. The summed E-state index contributed by atoms with van der Waals surface area (Å²) in [6.07, 6.45) is 1.15. The van der Waals surface area contributed by atoms with Crippen LogP contribution in [0.25, 0.3) is 0 Å². The predicted octanol–water partition coefficient (Wildman–Crippen LogP) is 1.49. The molecule has 0 aromatic heterocycles. The molecule has 0 saturated carbocycles. The maximum absolute atomic E-state index is 11.4. The van der Waals surface area contributed by atoms with E-state index in [1.54, 1.807) is 13.8 Å². The van der Waals surface area contributed by atoms with Gasteiger partial charge < -0.3 is 4.74 Å². The highest BCUT2D eigenvalue weighted by molar-refractivity contribution is 7.90. The first-order chi connectivity index (χ1) is 7.29. The molecule has 0 unspecified atom stereocenters. The molecule has 0 heterocycles. The molecule has 0 radical (unpaired) electrons. The van der Waals surface area contributed by atoms with E-state index in [-0.39, 0.29) is 4.90 Å². The van der Waals surface area contributed by atoms with Gasteiger partial charge in [0.05, 0.1) is 17.6 Å². The maximum atomic E-state index is 11.4. The van der Waals surface area contributed by atoms with E-state index in [2.05, 4.69) is 4.74 Å². The van der Waals surface area contributed by atoms with Crippen molar-refractivity contribution in [2.75, 3.05) is 13.4 Å². The van der Waals surface area contributed by atoms with E-state index < -0.39 is 15.8 Å². The Bertz CT molecular complexity index is 529. The Morgan fingerprint density at radius 2 is 1.75 bits per heavy atom. The number of carbonyl (C=O) groups excluding carboxylic acids is 1. The van der Waals surface area contributed by atoms with Gasteiger partial charge in [-0.15, -0.1) is 0 Å². The quantitative estimate of drug-likeness (QED) is 0.737. The lowest BCUT2D eigenvalue weighted by molar-refractivity contribution is 0.0599. The Kier molecular flexibility index (Phi) is 3.38. The Hall–Kier alpha value is -1.36. The summed E-state index contributed by atoms with van der Waals surface area (Å²) in [5.41, 5.74) is 1.62. The van der Waals surface area contributed by atoms with E-state index in [0.29, 0.717) is 16.7 Å². The van der Waals surface area contributed by atoms with Crippen LogP contribution in [0.3, 0.4) is 0 Å². The fourth-order valence-corrected chi connectivity index (χ4v) is 2.55. The van der Waals surface area contributed by atoms with Crippen molar-refractivity contribution in [2.45, 2.75) is 18.7 Å². The van der Waals surface area contributed by atoms with Crippen LogP contribution in [0.1, 0.15) is 21.5 Å². The van der Waals surface area contributed by atoms with Crippen LogP contribution in [0, 0.1) is 13.8 Å². The van der Waals surface area contributed by atoms with Crippen LogP contribution in [-0.2, 0) is 14.6 Å². The van der Waals surface area contributed by atoms with Gasteiger partial charge in [0.1, 0.15) is 0 Å². The van der Waals surface area contributed by atoms with Crippen LogP contribution in [0.5, 0.6) is 0 Å². The lowest BCUT2D eigenvalue weighted by atomic mass is 10.0. The third-order valence-corrected chi connectivity index (χ3v) is 3.78. The van der Waals surface area contributed by atoms with Crippen molar-refractivity contribution >= 4 is 15.8 Å². The molecule has 4 nitrogen and oxygen atoms in total. The first-order valence-corrected chi connectivity index (χ1v) is 6.56. The van der Waals surface area contributed by atoms with Gasteiger partial charge in [-0.3, -0.25) is 0 Å². The van der Waals surface area contributed by atoms with Gasteiger partial charge in [0.25, 0.3) is 0 Å². The molecule has 0 bridgehead atoms. The molecule has 0 amide bonds. The maximum Gasteiger partial charge on any atom is 0.338 e. The average molecular weight is 242 g/mol. The van der Waals surface area contributed by atoms with Crippen LogP contribution >= 0.6 is 0 Å². The third-order valence-electron chi connectivity index (χ3n) is 2.54. The lowest BCUT2D eigenvalue weighted by Crippen LogP contribution is -2.08. The molecule has 1 aromatic rings. The molecular weight excluding hydrogens is 228 g/mol. The summed E-state index contributed by atoms with van der Waals surface area (Å²) in [4.78, 5) is 11.6. The topological polar surface area (TPSA) is 60.4 Å². The minimum absolute atomic E-state index is 0.248. The number of rotatable bonds is 2. The number of carbonyl (C=O) groups is 1. The third kappa shape index (κ3) is 2.24. The van der Waals surface area contributed by atoms with E-state index in [9.17, 15) is 13.2 Å². The molecule has 1 aromatic carbocycles. The second kappa shape index (κ2) is 4.25. The van der Waals surface area contributed by atoms with Crippen molar-refractivity contribution in [1.29, 1.82) is 0 Å². The number of hydrogen-bond donors (Lipinski definition) is 0. The monoisotopic (exact) mass is 242 g/mol. The molecule has 88 valence electrons. The molecule has 16 heavy (non-hydrogen) atoms. The van der Waals surface area contributed by atoms with Gasteiger partial charge in [0.15, 0.2) is 9.84 Å². The van der Waals surface area contributed by atoms with Crippen molar-refractivity contribution in [1.82, 2.24) is 0 Å². The zero-order chi connectivity index (χ0) is 12.5. The summed E-state index contributed by atoms with van der Waals surface area (Å²) in [5.74, 6) is -0.458. The van der Waals surface area contributed by atoms with Gasteiger partial charge in [0.2, 0.25) is 0 Å². The minimum atomic E-state index is -3.26. The minimum Gasteiger partial charge on any atom is -0.465 e. The highest BCUT2D eigenvalue weighted by Gasteiger charge is 2.17. The van der Waals surface area contributed by atoms with Gasteiger partial charge in [-0.1, -0.05) is 0 Å². The lowest BCUT2D eigenvalue weighted by Gasteiger charge is -2.10. The van der Waals surface area contributed by atoms with Gasteiger partial charge in [-0.25, -0.2) is 13.2 Å². The van der Waals surface area contributed by atoms with Crippen LogP contribution in [0.4, 0.5) is 0 Å². The van der Waals surface area contributed by atoms with E-state index >= 15 is 0 Å². The Labute approximate surface area is 95.2 Å². The fourth-order valence-electron chi connectivity index (χ4n) is 1.53. The first kappa shape index (κ1) is 12.7. The molecule has 0 aliphatic carbocycles. The van der Waals surface area contributed by atoms with Gasteiger partial charge in [0, 0.05) is 6.26 Å². The largest absolute Gasteiger partial charge is 0.465 e. The molecular formula is C11H14O4S. The number of hydrogen-bond acceptors (Lipinski definition) is 4. The van der Waals surface area contributed by atoms with Gasteiger partial charge in [-0.05, 0) is 37.1 Å². The number of methoxy groups -OCH3 is 1. The van der Waals surface area contributed by atoms with Crippen molar-refractivity contribution < 1.29 is 17.9 Å². The fraction of sp³-hybridized carbons (Fsp3) is 0.364. The van der Waals surface area contributed by atoms with Crippen molar-refractivity contribution in [2.24, 2.45) is 0 Å². The average Bonchev–Trinajstić information content (AvgIpc) is 2.19. The van der Waals surface area contributed by atoms with Crippen LogP contribution in [-0.4, -0.2) is 27.8 Å². The summed E-state index contributed by atoms with van der Waals surface area (Å²) in [6, 6.07) is 2.91. The predicted molar refractivity (Wildman–Crippen MR) is 60.4 cm³/mol. The summed E-state index contributed by atoms with van der Waals surface area (Å²) in [5, 5.41) is 0. The van der Waals surface area contributed by atoms with Crippen LogP contribution in [0.2, 0.25) is 0 Å². The Morgan fingerprint density at radius 1 is 1.19 bits per heavy atom. The van der Waals surface area contributed by atoms with Crippen LogP contribution < -0.4 is 0 Å². The highest BCUT2D eigenvalue weighted by Crippen LogP contribution is 2.22. The number of sulfone groups is 1. The number of benzene rings is 1. The molecule has 0 atom stereocenters. The summed E-state index contributed by atoms with van der Waals surface area (Å²) in [7, 11) is -1.96. The molecule has 0 fully saturated rings. The molecule has 0 spiro atoms.